The number of anilines is 1. The number of non-ortho nitro benzene ring substituents is 1. The number of nitro benzene ring substituents is 1. The highest BCUT2D eigenvalue weighted by atomic mass is 16.6. The molecule has 1 aromatic heterocycles. The minimum Gasteiger partial charge on any atom is -0.319 e. The molecule has 0 saturated carbocycles. The highest BCUT2D eigenvalue weighted by Gasteiger charge is 2.15. The number of nitriles is 1. The number of hydrazine groups is 1. The number of aromatic nitrogens is 1. The molecule has 1 saturated heterocycles. The average Bonchev–Trinajstić information content (AvgIpc) is 3.21. The summed E-state index contributed by atoms with van der Waals surface area (Å²) in [6.45, 7) is 1.92. The van der Waals surface area contributed by atoms with Crippen LogP contribution in [0, 0.1) is 21.4 Å². The maximum absolute atomic E-state index is 12.9. The molecule has 0 amide bonds. The third-order valence-electron chi connectivity index (χ3n) is 4.84. The molecule has 4 rings (SSSR count). The fourth-order valence-electron chi connectivity index (χ4n) is 3.45. The zero-order valence-electron chi connectivity index (χ0n) is 15.0. The molecular weight excluding hydrogens is 358 g/mol. The van der Waals surface area contributed by atoms with Crippen LogP contribution in [-0.2, 0) is 0 Å². The highest BCUT2D eigenvalue weighted by molar-refractivity contribution is 5.85. The predicted octanol–water partition coefficient (Wildman–Crippen LogP) is 3.19. The molecule has 8 heteroatoms. The highest BCUT2D eigenvalue weighted by Crippen LogP contribution is 2.24. The molecule has 0 spiro atoms. The average molecular weight is 375 g/mol. The van der Waals surface area contributed by atoms with E-state index in [2.05, 4.69) is 10.4 Å². The van der Waals surface area contributed by atoms with Gasteiger partial charge in [-0.15, -0.1) is 0 Å². The van der Waals surface area contributed by atoms with Gasteiger partial charge in [-0.1, -0.05) is 6.07 Å². The fourth-order valence-corrected chi connectivity index (χ4v) is 3.45. The van der Waals surface area contributed by atoms with Crippen LogP contribution in [0.3, 0.4) is 0 Å². The standard InChI is InChI=1S/C20H17N5O3/c21-13-15-11-14-3-4-16(22-23-9-1-2-10-23)12-19(14)24(20(15)26)17-5-7-18(8-6-17)25(27)28/h3-8,11-12,22H,1-2,9-10H2. The fraction of sp³-hybridized carbons (Fsp3) is 0.200. The number of hydrogen-bond donors (Lipinski definition) is 1. The van der Waals surface area contributed by atoms with E-state index in [0.29, 0.717) is 11.2 Å². The van der Waals surface area contributed by atoms with E-state index in [1.807, 2.05) is 24.3 Å². The molecule has 1 N–H and O–H groups in total. The Hall–Kier alpha value is -3.70. The van der Waals surface area contributed by atoms with Crippen LogP contribution in [0.4, 0.5) is 11.4 Å². The first-order valence-electron chi connectivity index (χ1n) is 8.93. The molecule has 2 heterocycles. The molecule has 8 nitrogen and oxygen atoms in total. The van der Waals surface area contributed by atoms with E-state index in [0.717, 1.165) is 37.0 Å². The number of pyridine rings is 1. The molecule has 3 aromatic rings. The second-order valence-electron chi connectivity index (χ2n) is 6.66. The number of hydrogen-bond acceptors (Lipinski definition) is 6. The summed E-state index contributed by atoms with van der Waals surface area (Å²) in [5, 5.41) is 23.1. The summed E-state index contributed by atoms with van der Waals surface area (Å²) in [6.07, 6.45) is 2.28. The van der Waals surface area contributed by atoms with Crippen molar-refractivity contribution in [3.05, 3.63) is 74.6 Å². The van der Waals surface area contributed by atoms with Gasteiger partial charge >= 0.3 is 0 Å². The van der Waals surface area contributed by atoms with Crippen LogP contribution in [0.1, 0.15) is 18.4 Å². The van der Waals surface area contributed by atoms with Crippen LogP contribution in [0.25, 0.3) is 16.6 Å². The van der Waals surface area contributed by atoms with E-state index in [1.54, 1.807) is 6.07 Å². The third kappa shape index (κ3) is 3.19. The number of nitro groups is 1. The van der Waals surface area contributed by atoms with Gasteiger partial charge in [-0.3, -0.25) is 19.5 Å². The van der Waals surface area contributed by atoms with Crippen LogP contribution in [-0.4, -0.2) is 27.6 Å². The normalized spacial score (nSPS) is 14.1. The Balaban J connectivity index is 1.88. The zero-order chi connectivity index (χ0) is 19.7. The van der Waals surface area contributed by atoms with Crippen molar-refractivity contribution in [2.45, 2.75) is 12.8 Å². The summed E-state index contributed by atoms with van der Waals surface area (Å²) in [6, 6.07) is 14.9. The van der Waals surface area contributed by atoms with Gasteiger partial charge in [0.15, 0.2) is 0 Å². The lowest BCUT2D eigenvalue weighted by atomic mass is 10.1. The Morgan fingerprint density at radius 3 is 2.43 bits per heavy atom. The Kier molecular flexibility index (Phi) is 4.51. The van der Waals surface area contributed by atoms with Crippen molar-refractivity contribution in [1.82, 2.24) is 9.58 Å². The Labute approximate surface area is 160 Å². The van der Waals surface area contributed by atoms with E-state index in [9.17, 15) is 20.2 Å². The van der Waals surface area contributed by atoms with Crippen molar-refractivity contribution >= 4 is 22.3 Å². The van der Waals surface area contributed by atoms with Crippen molar-refractivity contribution < 1.29 is 4.92 Å². The molecule has 1 aliphatic heterocycles. The van der Waals surface area contributed by atoms with Crippen LogP contribution < -0.4 is 11.0 Å². The van der Waals surface area contributed by atoms with Gasteiger partial charge in [0.25, 0.3) is 11.2 Å². The quantitative estimate of drug-likeness (QED) is 0.555. The lowest BCUT2D eigenvalue weighted by molar-refractivity contribution is -0.384. The first-order chi connectivity index (χ1) is 13.6. The molecule has 0 atom stereocenters. The summed E-state index contributed by atoms with van der Waals surface area (Å²) < 4.78 is 1.42. The number of rotatable bonds is 4. The molecule has 0 aliphatic carbocycles. The Bertz CT molecular complexity index is 1160. The van der Waals surface area contributed by atoms with E-state index >= 15 is 0 Å². The van der Waals surface area contributed by atoms with Gasteiger partial charge in [-0.25, -0.2) is 5.01 Å². The monoisotopic (exact) mass is 375 g/mol. The SMILES string of the molecule is N#Cc1cc2ccc(NN3CCCC3)cc2n(-c2ccc([N+](=O)[O-])cc2)c1=O. The lowest BCUT2D eigenvalue weighted by Crippen LogP contribution is -2.26. The van der Waals surface area contributed by atoms with Crippen LogP contribution in [0.2, 0.25) is 0 Å². The molecule has 140 valence electrons. The van der Waals surface area contributed by atoms with E-state index in [4.69, 9.17) is 0 Å². The molecule has 1 fully saturated rings. The van der Waals surface area contributed by atoms with Crippen molar-refractivity contribution in [3.8, 4) is 11.8 Å². The van der Waals surface area contributed by atoms with Gasteiger partial charge in [0.1, 0.15) is 11.6 Å². The topological polar surface area (TPSA) is 104 Å². The number of nitrogens with one attached hydrogen (secondary N) is 1. The number of fused-ring (bicyclic) bond motifs is 1. The van der Waals surface area contributed by atoms with Crippen LogP contribution in [0.15, 0.2) is 53.3 Å². The zero-order valence-corrected chi connectivity index (χ0v) is 15.0. The van der Waals surface area contributed by atoms with Gasteiger partial charge in [0.2, 0.25) is 0 Å². The van der Waals surface area contributed by atoms with Gasteiger partial charge in [0, 0.05) is 36.3 Å². The largest absolute Gasteiger partial charge is 0.319 e. The van der Waals surface area contributed by atoms with Gasteiger partial charge in [0.05, 0.1) is 16.1 Å². The number of benzene rings is 2. The van der Waals surface area contributed by atoms with E-state index in [1.165, 1.54) is 28.8 Å². The van der Waals surface area contributed by atoms with Crippen LogP contribution >= 0.6 is 0 Å². The maximum atomic E-state index is 12.9. The van der Waals surface area contributed by atoms with Gasteiger partial charge in [-0.05, 0) is 43.2 Å². The minimum atomic E-state index is -0.492. The van der Waals surface area contributed by atoms with E-state index < -0.39 is 10.5 Å². The Morgan fingerprint density at radius 2 is 1.79 bits per heavy atom. The first-order valence-corrected chi connectivity index (χ1v) is 8.93. The first kappa shape index (κ1) is 17.7. The molecule has 0 unspecified atom stereocenters. The number of nitrogens with zero attached hydrogens (tertiary/aromatic N) is 4. The molecule has 1 aliphatic rings. The van der Waals surface area contributed by atoms with E-state index in [-0.39, 0.29) is 11.3 Å². The lowest BCUT2D eigenvalue weighted by Gasteiger charge is -2.19. The second kappa shape index (κ2) is 7.13. The van der Waals surface area contributed by atoms with Crippen molar-refractivity contribution in [3.63, 3.8) is 0 Å². The molecule has 0 radical (unpaired) electrons. The molecule has 28 heavy (non-hydrogen) atoms. The van der Waals surface area contributed by atoms with Gasteiger partial charge in [-0.2, -0.15) is 5.26 Å². The van der Waals surface area contributed by atoms with Crippen molar-refractivity contribution in [1.29, 1.82) is 5.26 Å². The predicted molar refractivity (Wildman–Crippen MR) is 105 cm³/mol. The van der Waals surface area contributed by atoms with Crippen molar-refractivity contribution in [2.75, 3.05) is 18.5 Å². The smallest absolute Gasteiger partial charge is 0.273 e. The molecule has 2 aromatic carbocycles. The maximum Gasteiger partial charge on any atom is 0.273 e. The second-order valence-corrected chi connectivity index (χ2v) is 6.66. The minimum absolute atomic E-state index is 0.0195. The summed E-state index contributed by atoms with van der Waals surface area (Å²) in [7, 11) is 0. The third-order valence-corrected chi connectivity index (χ3v) is 4.84. The Morgan fingerprint density at radius 1 is 1.07 bits per heavy atom. The van der Waals surface area contributed by atoms with Crippen molar-refractivity contribution in [2.24, 2.45) is 0 Å². The molecular formula is C20H17N5O3. The van der Waals surface area contributed by atoms with Gasteiger partial charge < -0.3 is 5.43 Å². The van der Waals surface area contributed by atoms with Crippen LogP contribution in [0.5, 0.6) is 0 Å². The summed E-state index contributed by atoms with van der Waals surface area (Å²) in [5.41, 5.74) is 4.79. The summed E-state index contributed by atoms with van der Waals surface area (Å²) >= 11 is 0. The molecule has 0 bridgehead atoms. The summed E-state index contributed by atoms with van der Waals surface area (Å²) in [5.74, 6) is 0. The summed E-state index contributed by atoms with van der Waals surface area (Å²) in [4.78, 5) is 23.3.